The SMILES string of the molecule is CON(C)C(=O)C(CC1CCCN(C(=N)N)C1)NCB=O.COc1cc(C)c(CN=C(N)N2CCC[C@@H](CC(NCB=O)C(=O)N(C)OC)C2)c(C)c1C.COc1cc(C)c(CN=C(N)N2CCC[C@H](CC(NCB=O)C(=O)N(C)OC)C2)c(C)c1C. The van der Waals surface area contributed by atoms with Crippen molar-refractivity contribution < 1.29 is 52.5 Å². The van der Waals surface area contributed by atoms with Gasteiger partial charge in [-0.25, -0.2) is 0 Å². The number of nitrogens with one attached hydrogen (secondary N) is 4. The fourth-order valence-electron chi connectivity index (χ4n) is 11.3. The molecule has 10 N–H and O–H groups in total. The van der Waals surface area contributed by atoms with Crippen molar-refractivity contribution in [2.24, 2.45) is 44.9 Å². The average molecular weight is 1220 g/mol. The van der Waals surface area contributed by atoms with Crippen LogP contribution in [0, 0.1) is 64.7 Å². The molecule has 0 spiro atoms. The van der Waals surface area contributed by atoms with Gasteiger partial charge < -0.3 is 9.47 Å². The molecule has 6 atom stereocenters. The number of nitrogens with zero attached hydrogens (tertiary/aromatic N) is 8. The minimum absolute atomic E-state index is 0.0671. The number of likely N-dealkylation sites (N-methyl/N-ethyl adjacent to an activating group) is 3. The number of aliphatic imine (C=N–C) groups is 2. The molecule has 0 aliphatic carbocycles. The van der Waals surface area contributed by atoms with E-state index in [9.17, 15) is 28.5 Å². The van der Waals surface area contributed by atoms with Gasteiger partial charge in [-0.3, -0.25) is 0 Å². The molecule has 3 heterocycles. The standard InChI is InChI=1S/2C23H38BN5O4.C12H24BN5O3/c2*1-15-10-21(32-5)17(3)16(2)19(15)12-26-23(25)29-9-7-8-18(13-29)11-20(27-14-24-31)22(30)28(4)33-6;1-17(21-2)11(19)10(16-8-13-20)6-9-4-3-5-18(7-9)12(14)15/h2*10,18,20,27H,7-9,11-14H2,1-6H3,(H2,25,26);9-10,16H,3-8H2,1-2H3,(H3,14,15)/t2*18-,20?;/m10./s1. The molecule has 26 nitrogen and oxygen atoms in total. The van der Waals surface area contributed by atoms with E-state index in [1.807, 2.05) is 17.0 Å². The van der Waals surface area contributed by atoms with Gasteiger partial charge in [-0.05, 0) is 64.8 Å². The number of ether oxygens (including phenoxy) is 2. The molecular formula is C58H100B3N15O11. The van der Waals surface area contributed by atoms with E-state index in [-0.39, 0.29) is 60.8 Å². The van der Waals surface area contributed by atoms with Gasteiger partial charge in [0.1, 0.15) is 11.5 Å². The molecule has 482 valence electrons. The molecule has 0 radical (unpaired) electrons. The second kappa shape index (κ2) is 38.8. The first-order chi connectivity index (χ1) is 41.4. The molecule has 0 bridgehead atoms. The van der Waals surface area contributed by atoms with Crippen LogP contribution in [0.1, 0.15) is 102 Å². The van der Waals surface area contributed by atoms with Crippen LogP contribution in [0.25, 0.3) is 0 Å². The number of methoxy groups -OCH3 is 2. The number of piperidine rings is 3. The van der Waals surface area contributed by atoms with E-state index in [1.54, 1.807) is 35.4 Å². The molecule has 3 fully saturated rings. The summed E-state index contributed by atoms with van der Waals surface area (Å²) in [7, 11) is 14.6. The molecule has 0 saturated carbocycles. The molecule has 4 unspecified atom stereocenters. The van der Waals surface area contributed by atoms with Crippen molar-refractivity contribution in [3.63, 3.8) is 0 Å². The Morgan fingerprint density at radius 1 is 0.552 bits per heavy atom. The molecule has 2 aromatic carbocycles. The molecule has 3 amide bonds. The maximum absolute atomic E-state index is 12.6. The molecular weight excluding hydrogens is 1120 g/mol. The Balaban J connectivity index is 0.000000351. The number of carbonyl (C=O) groups excluding carboxylic acids is 3. The van der Waals surface area contributed by atoms with E-state index in [4.69, 9.17) is 56.6 Å². The first kappa shape index (κ1) is 74.9. The van der Waals surface area contributed by atoms with Gasteiger partial charge in [0.25, 0.3) is 0 Å². The van der Waals surface area contributed by atoms with Gasteiger partial charge in [-0.1, -0.05) is 0 Å². The van der Waals surface area contributed by atoms with Crippen LogP contribution in [0.2, 0.25) is 0 Å². The Morgan fingerprint density at radius 2 is 0.851 bits per heavy atom. The van der Waals surface area contributed by atoms with E-state index in [2.05, 4.69) is 67.3 Å². The summed E-state index contributed by atoms with van der Waals surface area (Å²) < 4.78 is 43.1. The Morgan fingerprint density at radius 3 is 1.13 bits per heavy atom. The average Bonchev–Trinajstić information content (AvgIpc) is 2.43. The molecule has 3 saturated heterocycles. The smallest absolute Gasteiger partial charge is 0.0390 e. The summed E-state index contributed by atoms with van der Waals surface area (Å²) >= 11 is 0. The number of amides is 3. The predicted molar refractivity (Wildman–Crippen MR) is 338 cm³/mol. The zero-order valence-electron chi connectivity index (χ0n) is 54.3. The van der Waals surface area contributed by atoms with Crippen molar-refractivity contribution in [1.82, 2.24) is 45.8 Å². The monoisotopic (exact) mass is 1220 g/mol. The summed E-state index contributed by atoms with van der Waals surface area (Å²) in [6.07, 6.45) is 7.98. The van der Waals surface area contributed by atoms with Crippen LogP contribution in [0.15, 0.2) is 22.1 Å². The first-order valence-electron chi connectivity index (χ1n) is 29.9. The molecule has 3 aliphatic rings. The summed E-state index contributed by atoms with van der Waals surface area (Å²) in [5.74, 6) is 3.02. The second-order valence-electron chi connectivity index (χ2n) is 22.5. The summed E-state index contributed by atoms with van der Waals surface area (Å²) in [6, 6.07) is 2.63. The Bertz CT molecular complexity index is 2500. The van der Waals surface area contributed by atoms with Gasteiger partial charge in [-0.15, -0.1) is 0 Å². The number of hydrogen-bond donors (Lipinski definition) is 7. The third-order valence-electron chi connectivity index (χ3n) is 16.9. The van der Waals surface area contributed by atoms with Gasteiger partial charge in [0, 0.05) is 0 Å². The zero-order valence-corrected chi connectivity index (χ0v) is 54.3. The number of aryl methyl sites for hydroxylation is 2. The van der Waals surface area contributed by atoms with Crippen LogP contribution < -0.4 is 42.6 Å². The number of carbonyl (C=O) groups is 3. The number of guanidine groups is 3. The summed E-state index contributed by atoms with van der Waals surface area (Å²) in [5, 5.41) is 20.0. The van der Waals surface area contributed by atoms with Crippen molar-refractivity contribution in [1.29, 1.82) is 5.41 Å². The van der Waals surface area contributed by atoms with Gasteiger partial charge in [0.15, 0.2) is 0 Å². The minimum atomic E-state index is -0.490. The van der Waals surface area contributed by atoms with Crippen molar-refractivity contribution in [2.75, 3.05) is 115 Å². The van der Waals surface area contributed by atoms with Crippen LogP contribution in [0.4, 0.5) is 0 Å². The Labute approximate surface area is 517 Å². The van der Waals surface area contributed by atoms with Gasteiger partial charge in [-0.2, -0.15) is 0 Å². The zero-order chi connectivity index (χ0) is 64.9. The van der Waals surface area contributed by atoms with Gasteiger partial charge in [0.05, 0.1) is 14.2 Å². The number of benzene rings is 2. The topological polar surface area (TPSA) is 331 Å². The number of rotatable bonds is 27. The van der Waals surface area contributed by atoms with Crippen molar-refractivity contribution >= 4 is 57.1 Å². The van der Waals surface area contributed by atoms with Crippen LogP contribution in [0.3, 0.4) is 0 Å². The van der Waals surface area contributed by atoms with Crippen LogP contribution in [-0.2, 0) is 56.1 Å². The second-order valence-corrected chi connectivity index (χ2v) is 22.5. The summed E-state index contributed by atoms with van der Waals surface area (Å²) in [4.78, 5) is 67.8. The third-order valence-corrected chi connectivity index (χ3v) is 16.9. The molecule has 5 rings (SSSR count). The van der Waals surface area contributed by atoms with E-state index in [1.165, 1.54) is 42.6 Å². The molecule has 29 heteroatoms. The molecule has 0 aromatic heterocycles. The van der Waals surface area contributed by atoms with Crippen LogP contribution in [-0.4, -0.2) is 220 Å². The quantitative estimate of drug-likeness (QED) is 0.0291. The van der Waals surface area contributed by atoms with E-state index in [0.29, 0.717) is 50.8 Å². The molecule has 87 heavy (non-hydrogen) atoms. The number of likely N-dealkylation sites (tertiary alicyclic amines) is 3. The minimum Gasteiger partial charge on any atom is -0.0390 e. The summed E-state index contributed by atoms with van der Waals surface area (Å²) in [6.45, 7) is 18.0. The fraction of sp³-hybridized carbons (Fsp3) is 0.690. The van der Waals surface area contributed by atoms with Crippen molar-refractivity contribution in [3.05, 3.63) is 56.6 Å². The summed E-state index contributed by atoms with van der Waals surface area (Å²) in [5.41, 5.74) is 27.5. The Kier molecular flexibility index (Phi) is 33.4. The Hall–Kier alpha value is -6.39. The van der Waals surface area contributed by atoms with Gasteiger partial charge >= 0.3 is 420 Å². The normalized spacial score (nSPS) is 18.0. The first-order valence-corrected chi connectivity index (χ1v) is 29.9. The van der Waals surface area contributed by atoms with Crippen molar-refractivity contribution in [3.8, 4) is 11.5 Å². The van der Waals surface area contributed by atoms with Gasteiger partial charge in [0.2, 0.25) is 0 Å². The van der Waals surface area contributed by atoms with Crippen LogP contribution in [0.5, 0.6) is 11.5 Å². The maximum atomic E-state index is 12.6. The van der Waals surface area contributed by atoms with E-state index < -0.39 is 18.1 Å². The van der Waals surface area contributed by atoms with E-state index >= 15 is 0 Å². The van der Waals surface area contributed by atoms with Crippen molar-refractivity contribution in [2.45, 2.75) is 131 Å². The number of nitrogens with two attached hydrogens (primary N) is 3. The molecule has 2 aromatic rings. The van der Waals surface area contributed by atoms with Crippen LogP contribution >= 0.6 is 0 Å². The fourth-order valence-corrected chi connectivity index (χ4v) is 11.3. The molecule has 3 aliphatic heterocycles. The number of hydrogen-bond acceptors (Lipinski definition) is 17. The predicted octanol–water partition coefficient (Wildman–Crippen LogP) is 2.01. The third kappa shape index (κ3) is 23.3. The number of hydroxylamine groups is 6. The van der Waals surface area contributed by atoms with E-state index in [0.717, 1.165) is 143 Å².